The Kier molecular flexibility index (Phi) is 9.69. The molecule has 2 atom stereocenters. The van der Waals surface area contributed by atoms with E-state index in [2.05, 4.69) is 0 Å². The predicted molar refractivity (Wildman–Crippen MR) is 104 cm³/mol. The van der Waals surface area contributed by atoms with Crippen molar-refractivity contribution in [3.63, 3.8) is 0 Å². The number of Topliss-reactive ketones (excluding diaryl/α,β-unsaturated/α-hetero) is 1. The van der Waals surface area contributed by atoms with Crippen LogP contribution in [0.4, 0.5) is 0 Å². The molecule has 1 aromatic heterocycles. The fraction of sp³-hybridized carbons (Fsp3) is 0.400. The first kappa shape index (κ1) is 26.3. The molecule has 0 fully saturated rings. The second-order valence-electron chi connectivity index (χ2n) is 6.52. The average Bonchev–Trinajstić information content (AvgIpc) is 2.70. The summed E-state index contributed by atoms with van der Waals surface area (Å²) in [6.45, 7) is 2.80. The molecule has 0 saturated carbocycles. The Morgan fingerprint density at radius 1 is 1.03 bits per heavy atom. The van der Waals surface area contributed by atoms with Gasteiger partial charge in [0.15, 0.2) is 0 Å². The Balaban J connectivity index is 0.00000450. The van der Waals surface area contributed by atoms with Gasteiger partial charge >= 0.3 is 63.0 Å². The van der Waals surface area contributed by atoms with Crippen molar-refractivity contribution in [3.05, 3.63) is 66.6 Å². The Morgan fingerprint density at radius 2 is 1.53 bits per heavy atom. The van der Waals surface area contributed by atoms with E-state index in [1.165, 1.54) is 28.1 Å². The molecule has 0 N–H and O–H groups in total. The number of ether oxygens (including phenoxy) is 2. The number of rotatable bonds is 7. The van der Waals surface area contributed by atoms with E-state index in [9.17, 15) is 24.0 Å². The van der Waals surface area contributed by atoms with Gasteiger partial charge in [0.25, 0.3) is 0 Å². The minimum absolute atomic E-state index is 0. The van der Waals surface area contributed by atoms with Gasteiger partial charge in [-0.1, -0.05) is 23.6 Å². The van der Waals surface area contributed by atoms with Gasteiger partial charge in [0, 0.05) is 14.1 Å². The summed E-state index contributed by atoms with van der Waals surface area (Å²) in [4.78, 5) is 62.9. The number of ketones is 1. The monoisotopic (exact) mass is 442 g/mol. The summed E-state index contributed by atoms with van der Waals surface area (Å²) in [7, 11) is 3.93. The molecule has 0 saturated heterocycles. The maximum absolute atomic E-state index is 12.9. The number of aromatic nitrogens is 2. The molecule has 2 rings (SSSR count). The molecule has 10 heteroatoms. The second kappa shape index (κ2) is 11.1. The SMILES string of the molecule is CCOC(=O)C(C(C)=O)C(c1ccc(OC)cc1)[c-]1c(=O)n(C)c(=O)n(C)c1=O.[K+]. The third-order valence-electron chi connectivity index (χ3n) is 4.74. The molecular weight excluding hydrogens is 419 g/mol. The van der Waals surface area contributed by atoms with Crippen molar-refractivity contribution in [3.8, 4) is 5.75 Å². The second-order valence-corrected chi connectivity index (χ2v) is 6.52. The zero-order valence-corrected chi connectivity index (χ0v) is 21.0. The fourth-order valence-electron chi connectivity index (χ4n) is 3.22. The van der Waals surface area contributed by atoms with Crippen molar-refractivity contribution < 1.29 is 70.4 Å². The van der Waals surface area contributed by atoms with E-state index in [0.29, 0.717) is 11.3 Å². The maximum Gasteiger partial charge on any atom is 1.00 e. The number of benzene rings is 1. The van der Waals surface area contributed by atoms with E-state index in [-0.39, 0.29) is 63.6 Å². The predicted octanol–water partition coefficient (Wildman–Crippen LogP) is -2.92. The van der Waals surface area contributed by atoms with Crippen molar-refractivity contribution in [1.82, 2.24) is 9.13 Å². The zero-order chi connectivity index (χ0) is 21.9. The number of carbonyl (C=O) groups excluding carboxylic acids is 2. The summed E-state index contributed by atoms with van der Waals surface area (Å²) >= 11 is 0. The maximum atomic E-state index is 12.9. The molecule has 9 nitrogen and oxygen atoms in total. The van der Waals surface area contributed by atoms with Gasteiger partial charge < -0.3 is 19.1 Å². The van der Waals surface area contributed by atoms with E-state index < -0.39 is 40.4 Å². The molecule has 30 heavy (non-hydrogen) atoms. The van der Waals surface area contributed by atoms with Crippen LogP contribution in [0.15, 0.2) is 38.6 Å². The number of methoxy groups -OCH3 is 1. The van der Waals surface area contributed by atoms with E-state index in [4.69, 9.17) is 9.47 Å². The van der Waals surface area contributed by atoms with Crippen molar-refractivity contribution >= 4 is 11.8 Å². The molecule has 0 amide bonds. The molecule has 2 unspecified atom stereocenters. The molecule has 2 aromatic rings. The number of esters is 1. The minimum atomic E-state index is -1.43. The van der Waals surface area contributed by atoms with Crippen LogP contribution in [0.25, 0.3) is 0 Å². The Labute approximate surface area is 215 Å². The van der Waals surface area contributed by atoms with Gasteiger partial charge in [0.1, 0.15) is 22.7 Å². The normalized spacial score (nSPS) is 12.4. The van der Waals surface area contributed by atoms with Crippen LogP contribution in [0.5, 0.6) is 5.75 Å². The summed E-state index contributed by atoms with van der Waals surface area (Å²) in [5, 5.41) is 0. The molecule has 0 spiro atoms. The standard InChI is InChI=1S/C20H23N2O7.K/c1-6-29-19(26)14(11(2)23)15(12-7-9-13(28-5)10-8-12)16-17(24)21(3)20(27)22(4)18(16)25;/h7-10,14-15H,6H2,1-5H3;/q-1;+1. The summed E-state index contributed by atoms with van der Waals surface area (Å²) in [5.74, 6) is -3.56. The van der Waals surface area contributed by atoms with E-state index in [0.717, 1.165) is 9.13 Å². The number of hydrogen-bond donors (Lipinski definition) is 0. The van der Waals surface area contributed by atoms with E-state index >= 15 is 0 Å². The van der Waals surface area contributed by atoms with Crippen molar-refractivity contribution in [2.24, 2.45) is 20.0 Å². The van der Waals surface area contributed by atoms with Crippen LogP contribution in [0.1, 0.15) is 30.9 Å². The van der Waals surface area contributed by atoms with Crippen LogP contribution < -0.4 is 72.9 Å². The third-order valence-corrected chi connectivity index (χ3v) is 4.74. The molecular formula is C20H23KN2O7. The van der Waals surface area contributed by atoms with Gasteiger partial charge in [-0.05, 0) is 26.0 Å². The smallest absolute Gasteiger partial charge is 0.497 e. The third kappa shape index (κ3) is 5.12. The van der Waals surface area contributed by atoms with Crippen LogP contribution in [-0.2, 0) is 28.4 Å². The molecule has 0 bridgehead atoms. The fourth-order valence-corrected chi connectivity index (χ4v) is 3.22. The van der Waals surface area contributed by atoms with Crippen LogP contribution in [0.2, 0.25) is 0 Å². The summed E-state index contributed by atoms with van der Waals surface area (Å²) in [6, 6.07) is 6.29. The van der Waals surface area contributed by atoms with Gasteiger partial charge in [-0.15, -0.1) is 0 Å². The number of hydrogen-bond acceptors (Lipinski definition) is 7. The molecule has 1 heterocycles. The first-order valence-electron chi connectivity index (χ1n) is 8.93. The average molecular weight is 443 g/mol. The molecule has 0 radical (unpaired) electrons. The number of nitrogens with zero attached hydrogens (tertiary/aromatic N) is 2. The molecule has 156 valence electrons. The van der Waals surface area contributed by atoms with Gasteiger partial charge in [0.2, 0.25) is 0 Å². The quantitative estimate of drug-likeness (QED) is 0.195. The molecule has 0 aliphatic rings. The number of carbonyl (C=O) groups is 2. The van der Waals surface area contributed by atoms with Crippen molar-refractivity contribution in [1.29, 1.82) is 0 Å². The van der Waals surface area contributed by atoms with Crippen LogP contribution >= 0.6 is 0 Å². The van der Waals surface area contributed by atoms with Gasteiger partial charge in [-0.3, -0.25) is 18.7 Å². The van der Waals surface area contributed by atoms with Crippen LogP contribution in [-0.4, -0.2) is 34.6 Å². The zero-order valence-electron chi connectivity index (χ0n) is 17.9. The topological polar surface area (TPSA) is 114 Å². The molecule has 0 aliphatic heterocycles. The summed E-state index contributed by atoms with van der Waals surface area (Å²) < 4.78 is 11.7. The Hall–Kier alpha value is -1.72. The van der Waals surface area contributed by atoms with E-state index in [1.54, 1.807) is 31.2 Å². The van der Waals surface area contributed by atoms with Crippen LogP contribution in [0.3, 0.4) is 0 Å². The van der Waals surface area contributed by atoms with Crippen molar-refractivity contribution in [2.75, 3.05) is 13.7 Å². The van der Waals surface area contributed by atoms with E-state index in [1.807, 2.05) is 0 Å². The van der Waals surface area contributed by atoms with Gasteiger partial charge in [0.05, 0.1) is 19.6 Å². The Morgan fingerprint density at radius 3 is 1.93 bits per heavy atom. The Bertz CT molecular complexity index is 1060. The first-order valence-corrected chi connectivity index (χ1v) is 8.93. The largest absolute Gasteiger partial charge is 1.00 e. The van der Waals surface area contributed by atoms with Gasteiger partial charge in [-0.25, -0.2) is 4.79 Å². The molecule has 1 aromatic carbocycles. The first-order chi connectivity index (χ1) is 13.6. The molecule has 0 aliphatic carbocycles. The minimum Gasteiger partial charge on any atom is -0.497 e. The van der Waals surface area contributed by atoms with Crippen LogP contribution in [0, 0.1) is 5.92 Å². The summed E-state index contributed by atoms with van der Waals surface area (Å²) in [5.41, 5.74) is -2.52. The summed E-state index contributed by atoms with van der Waals surface area (Å²) in [6.07, 6.45) is 0. The van der Waals surface area contributed by atoms with Gasteiger partial charge in [-0.2, -0.15) is 5.56 Å². The van der Waals surface area contributed by atoms with Crippen molar-refractivity contribution in [2.45, 2.75) is 19.8 Å².